The summed E-state index contributed by atoms with van der Waals surface area (Å²) in [6.45, 7) is 3.89. The summed E-state index contributed by atoms with van der Waals surface area (Å²) in [5, 5.41) is 3.46. The van der Waals surface area contributed by atoms with Crippen LogP contribution in [-0.4, -0.2) is 39.0 Å². The van der Waals surface area contributed by atoms with E-state index in [1.54, 1.807) is 7.11 Å². The lowest BCUT2D eigenvalue weighted by atomic mass is 9.72. The maximum Gasteiger partial charge on any atom is 0.0685 e. The molecule has 1 spiro atoms. The van der Waals surface area contributed by atoms with Crippen molar-refractivity contribution in [3.8, 4) is 0 Å². The molecular formula is C12H23NO2. The van der Waals surface area contributed by atoms with Crippen LogP contribution < -0.4 is 5.32 Å². The summed E-state index contributed by atoms with van der Waals surface area (Å²) in [6.07, 6.45) is 6.45. The van der Waals surface area contributed by atoms with Gasteiger partial charge >= 0.3 is 0 Å². The summed E-state index contributed by atoms with van der Waals surface area (Å²) in [6, 6.07) is 0. The normalized spacial score (nSPS) is 29.0. The van der Waals surface area contributed by atoms with E-state index >= 15 is 0 Å². The van der Waals surface area contributed by atoms with Gasteiger partial charge in [0.2, 0.25) is 0 Å². The molecule has 0 radical (unpaired) electrons. The molecule has 2 aliphatic rings. The Hall–Kier alpha value is -0.120. The van der Waals surface area contributed by atoms with Gasteiger partial charge in [-0.3, -0.25) is 0 Å². The zero-order valence-corrected chi connectivity index (χ0v) is 9.76. The molecule has 2 fully saturated rings. The number of rotatable bonds is 5. The summed E-state index contributed by atoms with van der Waals surface area (Å²) in [4.78, 5) is 0. The molecule has 3 heteroatoms. The smallest absolute Gasteiger partial charge is 0.0685 e. The fourth-order valence-corrected chi connectivity index (χ4v) is 2.70. The molecule has 15 heavy (non-hydrogen) atoms. The van der Waals surface area contributed by atoms with Gasteiger partial charge in [-0.05, 0) is 44.6 Å². The van der Waals surface area contributed by atoms with Gasteiger partial charge < -0.3 is 14.8 Å². The molecule has 3 nitrogen and oxygen atoms in total. The summed E-state index contributed by atoms with van der Waals surface area (Å²) in [7, 11) is 1.75. The highest BCUT2D eigenvalue weighted by Crippen LogP contribution is 2.43. The van der Waals surface area contributed by atoms with Crippen molar-refractivity contribution < 1.29 is 9.47 Å². The quantitative estimate of drug-likeness (QED) is 0.703. The third-order valence-corrected chi connectivity index (χ3v) is 3.78. The first-order valence-corrected chi connectivity index (χ1v) is 6.18. The number of methoxy groups -OCH3 is 1. The standard InChI is InChI=1S/C12H23NO2/c1-14-8-6-13-10-11-3-7-15-12(9-11)4-2-5-12/h11,13H,2-10H2,1H3. The van der Waals surface area contributed by atoms with Gasteiger partial charge in [0.25, 0.3) is 0 Å². The Morgan fingerprint density at radius 1 is 1.47 bits per heavy atom. The van der Waals surface area contributed by atoms with Gasteiger partial charge in [0.15, 0.2) is 0 Å². The summed E-state index contributed by atoms with van der Waals surface area (Å²) in [5.74, 6) is 0.816. The van der Waals surface area contributed by atoms with Crippen molar-refractivity contribution in [1.29, 1.82) is 0 Å². The molecule has 1 heterocycles. The van der Waals surface area contributed by atoms with Gasteiger partial charge in [-0.25, -0.2) is 0 Å². The van der Waals surface area contributed by atoms with E-state index in [4.69, 9.17) is 9.47 Å². The zero-order chi connectivity index (χ0) is 10.6. The molecule has 2 rings (SSSR count). The van der Waals surface area contributed by atoms with Gasteiger partial charge in [-0.15, -0.1) is 0 Å². The largest absolute Gasteiger partial charge is 0.383 e. The second-order valence-corrected chi connectivity index (χ2v) is 4.94. The van der Waals surface area contributed by atoms with Crippen LogP contribution in [0, 0.1) is 5.92 Å². The van der Waals surface area contributed by atoms with E-state index in [0.29, 0.717) is 5.60 Å². The molecule has 1 aliphatic carbocycles. The van der Waals surface area contributed by atoms with Crippen LogP contribution in [0.2, 0.25) is 0 Å². The van der Waals surface area contributed by atoms with Crippen molar-refractivity contribution in [3.63, 3.8) is 0 Å². The second kappa shape index (κ2) is 5.28. The Morgan fingerprint density at radius 3 is 3.00 bits per heavy atom. The first kappa shape index (κ1) is 11.4. The van der Waals surface area contributed by atoms with Crippen LogP contribution in [0.15, 0.2) is 0 Å². The number of hydrogen-bond acceptors (Lipinski definition) is 3. The minimum absolute atomic E-state index is 0.297. The van der Waals surface area contributed by atoms with E-state index in [9.17, 15) is 0 Å². The zero-order valence-electron chi connectivity index (χ0n) is 9.76. The number of ether oxygens (including phenoxy) is 2. The lowest BCUT2D eigenvalue weighted by Crippen LogP contribution is -2.47. The first-order chi connectivity index (χ1) is 7.35. The Labute approximate surface area is 92.5 Å². The summed E-state index contributed by atoms with van der Waals surface area (Å²) >= 11 is 0. The fraction of sp³-hybridized carbons (Fsp3) is 1.00. The molecule has 88 valence electrons. The minimum atomic E-state index is 0.297. The van der Waals surface area contributed by atoms with Crippen molar-refractivity contribution in [2.24, 2.45) is 5.92 Å². The third-order valence-electron chi connectivity index (χ3n) is 3.78. The third kappa shape index (κ3) is 2.92. The van der Waals surface area contributed by atoms with Gasteiger partial charge in [0.05, 0.1) is 12.2 Å². The van der Waals surface area contributed by atoms with E-state index in [1.807, 2.05) is 0 Å². The van der Waals surface area contributed by atoms with Crippen molar-refractivity contribution >= 4 is 0 Å². The minimum Gasteiger partial charge on any atom is -0.383 e. The van der Waals surface area contributed by atoms with Gasteiger partial charge in [-0.2, -0.15) is 0 Å². The van der Waals surface area contributed by atoms with Crippen molar-refractivity contribution in [2.75, 3.05) is 33.4 Å². The summed E-state index contributed by atoms with van der Waals surface area (Å²) in [5.41, 5.74) is 0.297. The fourth-order valence-electron chi connectivity index (χ4n) is 2.70. The summed E-state index contributed by atoms with van der Waals surface area (Å²) < 4.78 is 10.9. The average molecular weight is 213 g/mol. The maximum atomic E-state index is 5.91. The van der Waals surface area contributed by atoms with Crippen LogP contribution >= 0.6 is 0 Å². The van der Waals surface area contributed by atoms with Gasteiger partial charge in [0, 0.05) is 20.3 Å². The van der Waals surface area contributed by atoms with Crippen LogP contribution in [0.4, 0.5) is 0 Å². The van der Waals surface area contributed by atoms with E-state index in [-0.39, 0.29) is 0 Å². The predicted molar refractivity (Wildman–Crippen MR) is 60.0 cm³/mol. The van der Waals surface area contributed by atoms with E-state index in [2.05, 4.69) is 5.32 Å². The topological polar surface area (TPSA) is 30.5 Å². The van der Waals surface area contributed by atoms with E-state index in [0.717, 1.165) is 32.2 Å². The van der Waals surface area contributed by atoms with E-state index in [1.165, 1.54) is 32.1 Å². The van der Waals surface area contributed by atoms with Crippen molar-refractivity contribution in [1.82, 2.24) is 5.32 Å². The molecule has 0 amide bonds. The molecular weight excluding hydrogens is 190 g/mol. The maximum absolute atomic E-state index is 5.91. The molecule has 0 bridgehead atoms. The van der Waals surface area contributed by atoms with Crippen LogP contribution in [-0.2, 0) is 9.47 Å². The Bertz CT molecular complexity index is 192. The molecule has 1 aliphatic heterocycles. The molecule has 1 atom stereocenters. The Morgan fingerprint density at radius 2 is 2.33 bits per heavy atom. The Balaban J connectivity index is 1.64. The first-order valence-electron chi connectivity index (χ1n) is 6.18. The number of nitrogens with one attached hydrogen (secondary N) is 1. The lowest BCUT2D eigenvalue weighted by molar-refractivity contribution is -0.142. The highest BCUT2D eigenvalue weighted by atomic mass is 16.5. The van der Waals surface area contributed by atoms with Crippen LogP contribution in [0.3, 0.4) is 0 Å². The average Bonchev–Trinajstić information content (AvgIpc) is 2.23. The molecule has 0 aromatic rings. The van der Waals surface area contributed by atoms with Crippen molar-refractivity contribution in [3.05, 3.63) is 0 Å². The lowest BCUT2D eigenvalue weighted by Gasteiger charge is -2.47. The molecule has 1 saturated carbocycles. The van der Waals surface area contributed by atoms with Gasteiger partial charge in [-0.1, -0.05) is 0 Å². The van der Waals surface area contributed by atoms with Crippen LogP contribution in [0.1, 0.15) is 32.1 Å². The monoisotopic (exact) mass is 213 g/mol. The molecule has 1 unspecified atom stereocenters. The highest BCUT2D eigenvalue weighted by Gasteiger charge is 2.42. The second-order valence-electron chi connectivity index (χ2n) is 4.94. The highest BCUT2D eigenvalue weighted by molar-refractivity contribution is 4.94. The predicted octanol–water partition coefficient (Wildman–Crippen LogP) is 1.57. The van der Waals surface area contributed by atoms with Crippen LogP contribution in [0.25, 0.3) is 0 Å². The molecule has 1 N–H and O–H groups in total. The van der Waals surface area contributed by atoms with E-state index < -0.39 is 0 Å². The van der Waals surface area contributed by atoms with Crippen molar-refractivity contribution in [2.45, 2.75) is 37.7 Å². The molecule has 1 saturated heterocycles. The molecule has 0 aromatic heterocycles. The Kier molecular flexibility index (Phi) is 4.00. The number of hydrogen-bond donors (Lipinski definition) is 1. The van der Waals surface area contributed by atoms with Gasteiger partial charge in [0.1, 0.15) is 0 Å². The SMILES string of the molecule is COCCNCC1CCOC2(CCC2)C1. The van der Waals surface area contributed by atoms with Crippen LogP contribution in [0.5, 0.6) is 0 Å². The molecule has 0 aromatic carbocycles.